The maximum absolute atomic E-state index is 12.6. The first-order valence-corrected chi connectivity index (χ1v) is 9.43. The SMILES string of the molecule is CC(C)c1ccc(NC(=O)C(C)N2CCN(C(=O)c3ccco3)CC2)cc1. The number of carbonyl (C=O) groups excluding carboxylic acids is 2. The molecule has 0 saturated carbocycles. The van der Waals surface area contributed by atoms with Crippen molar-refractivity contribution in [3.8, 4) is 0 Å². The normalized spacial score (nSPS) is 16.4. The van der Waals surface area contributed by atoms with Gasteiger partial charge in [-0.15, -0.1) is 0 Å². The quantitative estimate of drug-likeness (QED) is 0.879. The zero-order valence-electron chi connectivity index (χ0n) is 16.1. The summed E-state index contributed by atoms with van der Waals surface area (Å²) in [5.74, 6) is 0.702. The van der Waals surface area contributed by atoms with Crippen molar-refractivity contribution in [2.75, 3.05) is 31.5 Å². The van der Waals surface area contributed by atoms with Crippen molar-refractivity contribution in [3.63, 3.8) is 0 Å². The summed E-state index contributed by atoms with van der Waals surface area (Å²) >= 11 is 0. The first-order chi connectivity index (χ1) is 13.0. The number of nitrogens with one attached hydrogen (secondary N) is 1. The number of furan rings is 1. The lowest BCUT2D eigenvalue weighted by atomic mass is 10.0. The van der Waals surface area contributed by atoms with E-state index in [2.05, 4.69) is 24.1 Å². The molecule has 1 aliphatic heterocycles. The van der Waals surface area contributed by atoms with Gasteiger partial charge < -0.3 is 14.6 Å². The molecule has 144 valence electrons. The predicted octanol–water partition coefficient (Wildman–Crippen LogP) is 3.19. The molecule has 0 spiro atoms. The van der Waals surface area contributed by atoms with Crippen molar-refractivity contribution >= 4 is 17.5 Å². The van der Waals surface area contributed by atoms with E-state index in [4.69, 9.17) is 4.42 Å². The molecule has 1 aromatic heterocycles. The summed E-state index contributed by atoms with van der Waals surface area (Å²) in [6, 6.07) is 11.1. The van der Waals surface area contributed by atoms with Gasteiger partial charge >= 0.3 is 0 Å². The molecule has 6 heteroatoms. The van der Waals surface area contributed by atoms with E-state index < -0.39 is 0 Å². The monoisotopic (exact) mass is 369 g/mol. The standard InChI is InChI=1S/C21H27N3O3/c1-15(2)17-6-8-18(9-7-17)22-20(25)16(3)23-10-12-24(13-11-23)21(26)19-5-4-14-27-19/h4-9,14-16H,10-13H2,1-3H3,(H,22,25). The molecule has 1 aliphatic rings. The molecule has 2 aromatic rings. The fourth-order valence-electron chi connectivity index (χ4n) is 3.23. The first kappa shape index (κ1) is 19.2. The molecule has 1 aromatic carbocycles. The Kier molecular flexibility index (Phi) is 5.96. The molecule has 2 heterocycles. The zero-order chi connectivity index (χ0) is 19.4. The van der Waals surface area contributed by atoms with Gasteiger partial charge in [0.05, 0.1) is 12.3 Å². The molecule has 1 fully saturated rings. The summed E-state index contributed by atoms with van der Waals surface area (Å²) in [4.78, 5) is 28.8. The highest BCUT2D eigenvalue weighted by molar-refractivity contribution is 5.94. The van der Waals surface area contributed by atoms with Crippen LogP contribution in [0.25, 0.3) is 0 Å². The molecular weight excluding hydrogens is 342 g/mol. The molecule has 6 nitrogen and oxygen atoms in total. The first-order valence-electron chi connectivity index (χ1n) is 9.43. The molecule has 1 unspecified atom stereocenters. The molecule has 27 heavy (non-hydrogen) atoms. The average Bonchev–Trinajstić information content (AvgIpc) is 3.22. The van der Waals surface area contributed by atoms with Gasteiger partial charge in [0.1, 0.15) is 0 Å². The van der Waals surface area contributed by atoms with Crippen LogP contribution in [0.4, 0.5) is 5.69 Å². The second-order valence-electron chi connectivity index (χ2n) is 7.25. The van der Waals surface area contributed by atoms with E-state index >= 15 is 0 Å². The number of benzene rings is 1. The third-order valence-electron chi connectivity index (χ3n) is 5.11. The maximum Gasteiger partial charge on any atom is 0.289 e. The van der Waals surface area contributed by atoms with Gasteiger partial charge in [-0.25, -0.2) is 0 Å². The lowest BCUT2D eigenvalue weighted by Gasteiger charge is -2.37. The molecule has 1 atom stereocenters. The lowest BCUT2D eigenvalue weighted by Crippen LogP contribution is -2.54. The van der Waals surface area contributed by atoms with E-state index in [0.717, 1.165) is 5.69 Å². The van der Waals surface area contributed by atoms with Crippen molar-refractivity contribution < 1.29 is 14.0 Å². The van der Waals surface area contributed by atoms with Crippen molar-refractivity contribution in [2.45, 2.75) is 32.7 Å². The van der Waals surface area contributed by atoms with Crippen LogP contribution in [0.1, 0.15) is 42.8 Å². The van der Waals surface area contributed by atoms with Crippen molar-refractivity contribution in [3.05, 3.63) is 54.0 Å². The van der Waals surface area contributed by atoms with E-state index in [1.165, 1.54) is 11.8 Å². The highest BCUT2D eigenvalue weighted by Gasteiger charge is 2.28. The Balaban J connectivity index is 1.51. The summed E-state index contributed by atoms with van der Waals surface area (Å²) < 4.78 is 5.18. The topological polar surface area (TPSA) is 65.8 Å². The summed E-state index contributed by atoms with van der Waals surface area (Å²) in [6.07, 6.45) is 1.50. The molecular formula is C21H27N3O3. The van der Waals surface area contributed by atoms with Crippen LogP contribution in [0.2, 0.25) is 0 Å². The second-order valence-corrected chi connectivity index (χ2v) is 7.25. The van der Waals surface area contributed by atoms with Gasteiger partial charge in [0.15, 0.2) is 5.76 Å². The molecule has 2 amide bonds. The summed E-state index contributed by atoms with van der Waals surface area (Å²) in [6.45, 7) is 8.68. The van der Waals surface area contributed by atoms with E-state index in [9.17, 15) is 9.59 Å². The molecule has 0 radical (unpaired) electrons. The predicted molar refractivity (Wildman–Crippen MR) is 105 cm³/mol. The number of piperazine rings is 1. The minimum Gasteiger partial charge on any atom is -0.459 e. The van der Waals surface area contributed by atoms with Gasteiger partial charge in [-0.3, -0.25) is 14.5 Å². The van der Waals surface area contributed by atoms with Gasteiger partial charge in [-0.2, -0.15) is 0 Å². The van der Waals surface area contributed by atoms with Crippen LogP contribution in [0, 0.1) is 0 Å². The number of nitrogens with zero attached hydrogens (tertiary/aromatic N) is 2. The van der Waals surface area contributed by atoms with E-state index in [1.807, 2.05) is 31.2 Å². The summed E-state index contributed by atoms with van der Waals surface area (Å²) in [5, 5.41) is 2.99. The Bertz CT molecular complexity index is 760. The van der Waals surface area contributed by atoms with Crippen molar-refractivity contribution in [1.29, 1.82) is 0 Å². The largest absolute Gasteiger partial charge is 0.459 e. The van der Waals surface area contributed by atoms with Gasteiger partial charge in [0.2, 0.25) is 5.91 Å². The Morgan fingerprint density at radius 3 is 2.22 bits per heavy atom. The molecule has 1 N–H and O–H groups in total. The van der Waals surface area contributed by atoms with Crippen LogP contribution in [-0.2, 0) is 4.79 Å². The third kappa shape index (κ3) is 4.57. The highest BCUT2D eigenvalue weighted by atomic mass is 16.3. The second kappa shape index (κ2) is 8.39. The van der Waals surface area contributed by atoms with Gasteiger partial charge in [-0.05, 0) is 42.7 Å². The minimum absolute atomic E-state index is 0.0295. The number of hydrogen-bond acceptors (Lipinski definition) is 4. The van der Waals surface area contributed by atoms with Crippen LogP contribution >= 0.6 is 0 Å². The van der Waals surface area contributed by atoms with E-state index in [1.54, 1.807) is 17.0 Å². The number of rotatable bonds is 5. The van der Waals surface area contributed by atoms with Crippen LogP contribution in [0.3, 0.4) is 0 Å². The zero-order valence-corrected chi connectivity index (χ0v) is 16.1. The number of carbonyl (C=O) groups is 2. The number of hydrogen-bond donors (Lipinski definition) is 1. The van der Waals surface area contributed by atoms with Gasteiger partial charge in [0, 0.05) is 31.9 Å². The number of amides is 2. The molecule has 0 aliphatic carbocycles. The lowest BCUT2D eigenvalue weighted by molar-refractivity contribution is -0.121. The van der Waals surface area contributed by atoms with Crippen LogP contribution < -0.4 is 5.32 Å². The summed E-state index contributed by atoms with van der Waals surface area (Å²) in [7, 11) is 0. The fourth-order valence-corrected chi connectivity index (χ4v) is 3.23. The van der Waals surface area contributed by atoms with Crippen LogP contribution in [-0.4, -0.2) is 53.8 Å². The summed E-state index contributed by atoms with van der Waals surface area (Å²) in [5.41, 5.74) is 2.06. The van der Waals surface area contributed by atoms with Crippen molar-refractivity contribution in [2.24, 2.45) is 0 Å². The fraction of sp³-hybridized carbons (Fsp3) is 0.429. The van der Waals surface area contributed by atoms with Crippen LogP contribution in [0.15, 0.2) is 47.1 Å². The Hall–Kier alpha value is -2.60. The highest BCUT2D eigenvalue weighted by Crippen LogP contribution is 2.18. The third-order valence-corrected chi connectivity index (χ3v) is 5.11. The molecule has 3 rings (SSSR count). The van der Waals surface area contributed by atoms with E-state index in [0.29, 0.717) is 37.9 Å². The number of anilines is 1. The molecule has 0 bridgehead atoms. The molecule has 1 saturated heterocycles. The minimum atomic E-state index is -0.254. The van der Waals surface area contributed by atoms with Gasteiger partial charge in [0.25, 0.3) is 5.91 Å². The van der Waals surface area contributed by atoms with Gasteiger partial charge in [-0.1, -0.05) is 26.0 Å². The van der Waals surface area contributed by atoms with Crippen LogP contribution in [0.5, 0.6) is 0 Å². The Morgan fingerprint density at radius 1 is 1.00 bits per heavy atom. The maximum atomic E-state index is 12.6. The Labute approximate surface area is 160 Å². The Morgan fingerprint density at radius 2 is 1.67 bits per heavy atom. The smallest absolute Gasteiger partial charge is 0.289 e. The van der Waals surface area contributed by atoms with Crippen molar-refractivity contribution in [1.82, 2.24) is 9.80 Å². The average molecular weight is 369 g/mol. The van der Waals surface area contributed by atoms with E-state index in [-0.39, 0.29) is 17.9 Å².